The fourth-order valence-corrected chi connectivity index (χ4v) is 3.08. The molecular weight excluding hydrogens is 269 g/mol. The van der Waals surface area contributed by atoms with Crippen LogP contribution in [0.15, 0.2) is 33.3 Å². The Morgan fingerprint density at radius 1 is 1.24 bits per heavy atom. The number of hydrogen-bond donors (Lipinski definition) is 0. The van der Waals surface area contributed by atoms with Crippen LogP contribution in [-0.4, -0.2) is 6.26 Å². The summed E-state index contributed by atoms with van der Waals surface area (Å²) in [6.45, 7) is 0. The number of halogens is 3. The van der Waals surface area contributed by atoms with Gasteiger partial charge in [0.15, 0.2) is 5.43 Å². The highest BCUT2D eigenvalue weighted by atomic mass is 32.2. The first-order chi connectivity index (χ1) is 7.91. The first kappa shape index (κ1) is 12.4. The van der Waals surface area contributed by atoms with Crippen LogP contribution in [0.3, 0.4) is 0 Å². The summed E-state index contributed by atoms with van der Waals surface area (Å²) in [6, 6.07) is 4.66. The van der Waals surface area contributed by atoms with Crippen LogP contribution in [-0.2, 0) is 6.18 Å². The fourth-order valence-electron chi connectivity index (χ4n) is 1.41. The maximum atomic E-state index is 12.5. The van der Waals surface area contributed by atoms with Crippen molar-refractivity contribution >= 4 is 33.2 Å². The summed E-state index contributed by atoms with van der Waals surface area (Å²) in [5.41, 5.74) is -0.962. The van der Waals surface area contributed by atoms with Crippen molar-refractivity contribution in [2.45, 2.75) is 10.4 Å². The molecule has 90 valence electrons. The van der Waals surface area contributed by atoms with Crippen molar-refractivity contribution in [3.8, 4) is 0 Å². The van der Waals surface area contributed by atoms with E-state index >= 15 is 0 Å². The minimum Gasteiger partial charge on any atom is -0.289 e. The van der Waals surface area contributed by atoms with Crippen molar-refractivity contribution in [1.29, 1.82) is 0 Å². The molecule has 6 heteroatoms. The van der Waals surface area contributed by atoms with E-state index in [2.05, 4.69) is 0 Å². The Balaban J connectivity index is 2.72. The van der Waals surface area contributed by atoms with Crippen LogP contribution >= 0.6 is 23.1 Å². The van der Waals surface area contributed by atoms with E-state index in [0.29, 0.717) is 14.3 Å². The SMILES string of the molecule is CSc1cc(=O)c2ccc(C(F)(F)F)cc2s1. The standard InChI is InChI=1S/C11H7F3OS2/c1-16-10-5-8(15)7-3-2-6(11(12,13)14)4-9(7)17-10/h2-5H,1H3. The summed E-state index contributed by atoms with van der Waals surface area (Å²) < 4.78 is 38.6. The maximum Gasteiger partial charge on any atom is 0.416 e. The summed E-state index contributed by atoms with van der Waals surface area (Å²) >= 11 is 2.54. The van der Waals surface area contributed by atoms with Gasteiger partial charge in [0.1, 0.15) is 0 Å². The topological polar surface area (TPSA) is 17.1 Å². The van der Waals surface area contributed by atoms with Gasteiger partial charge in [0.2, 0.25) is 0 Å². The molecule has 0 atom stereocenters. The van der Waals surface area contributed by atoms with Gasteiger partial charge in [0, 0.05) is 16.2 Å². The van der Waals surface area contributed by atoms with Crippen molar-refractivity contribution in [3.05, 3.63) is 40.1 Å². The Bertz CT molecular complexity index is 616. The number of fused-ring (bicyclic) bond motifs is 1. The van der Waals surface area contributed by atoms with Crippen molar-refractivity contribution < 1.29 is 13.2 Å². The molecule has 1 aromatic carbocycles. The quantitative estimate of drug-likeness (QED) is 0.732. The molecule has 0 saturated heterocycles. The molecule has 0 aliphatic rings. The van der Waals surface area contributed by atoms with Gasteiger partial charge in [-0.3, -0.25) is 4.79 Å². The number of hydrogen-bond acceptors (Lipinski definition) is 3. The number of thioether (sulfide) groups is 1. The second-order valence-electron chi connectivity index (χ2n) is 3.34. The van der Waals surface area contributed by atoms with E-state index in [-0.39, 0.29) is 5.43 Å². The van der Waals surface area contributed by atoms with E-state index in [9.17, 15) is 18.0 Å². The zero-order chi connectivity index (χ0) is 12.6. The predicted molar refractivity (Wildman–Crippen MR) is 64.9 cm³/mol. The maximum absolute atomic E-state index is 12.5. The zero-order valence-electron chi connectivity index (χ0n) is 8.67. The molecule has 1 aromatic heterocycles. The van der Waals surface area contributed by atoms with Crippen molar-refractivity contribution in [2.75, 3.05) is 6.26 Å². The van der Waals surface area contributed by atoms with Crippen LogP contribution in [0.5, 0.6) is 0 Å². The van der Waals surface area contributed by atoms with Crippen LogP contribution in [0.1, 0.15) is 5.56 Å². The van der Waals surface area contributed by atoms with Crippen molar-refractivity contribution in [3.63, 3.8) is 0 Å². The van der Waals surface area contributed by atoms with E-state index in [1.807, 2.05) is 0 Å². The highest BCUT2D eigenvalue weighted by Crippen LogP contribution is 2.33. The highest BCUT2D eigenvalue weighted by Gasteiger charge is 2.30. The molecule has 1 nitrogen and oxygen atoms in total. The lowest BCUT2D eigenvalue weighted by Crippen LogP contribution is -2.06. The van der Waals surface area contributed by atoms with E-state index in [1.54, 1.807) is 6.26 Å². The number of alkyl halides is 3. The van der Waals surface area contributed by atoms with Crippen LogP contribution in [0.2, 0.25) is 0 Å². The Hall–Kier alpha value is -1.01. The summed E-state index contributed by atoms with van der Waals surface area (Å²) in [6.07, 6.45) is -2.59. The second-order valence-corrected chi connectivity index (χ2v) is 5.53. The Kier molecular flexibility index (Phi) is 3.18. The Morgan fingerprint density at radius 3 is 2.53 bits per heavy atom. The first-order valence-electron chi connectivity index (χ1n) is 4.61. The monoisotopic (exact) mass is 276 g/mol. The van der Waals surface area contributed by atoms with E-state index in [4.69, 9.17) is 0 Å². The average molecular weight is 276 g/mol. The summed E-state index contributed by atoms with van der Waals surface area (Å²) in [5, 5.41) is 0.334. The van der Waals surface area contributed by atoms with Crippen LogP contribution in [0.25, 0.3) is 10.1 Å². The van der Waals surface area contributed by atoms with Gasteiger partial charge in [0.25, 0.3) is 0 Å². The zero-order valence-corrected chi connectivity index (χ0v) is 10.3. The third-order valence-electron chi connectivity index (χ3n) is 2.24. The van der Waals surface area contributed by atoms with Crippen LogP contribution in [0, 0.1) is 0 Å². The van der Waals surface area contributed by atoms with Gasteiger partial charge in [-0.15, -0.1) is 23.1 Å². The summed E-state index contributed by atoms with van der Waals surface area (Å²) in [5.74, 6) is 0. The van der Waals surface area contributed by atoms with Gasteiger partial charge in [-0.2, -0.15) is 13.2 Å². The van der Waals surface area contributed by atoms with Gasteiger partial charge >= 0.3 is 6.18 Å². The molecule has 0 radical (unpaired) electrons. The van der Waals surface area contributed by atoms with Crippen molar-refractivity contribution in [1.82, 2.24) is 0 Å². The Labute approximate surface area is 103 Å². The lowest BCUT2D eigenvalue weighted by Gasteiger charge is -2.07. The van der Waals surface area contributed by atoms with E-state index in [1.165, 1.54) is 35.2 Å². The largest absolute Gasteiger partial charge is 0.416 e. The molecule has 0 unspecified atom stereocenters. The predicted octanol–water partition coefficient (Wildman–Crippen LogP) is 4.00. The molecule has 1 heterocycles. The van der Waals surface area contributed by atoms with Crippen LogP contribution < -0.4 is 5.43 Å². The fraction of sp³-hybridized carbons (Fsp3) is 0.182. The van der Waals surface area contributed by atoms with Crippen molar-refractivity contribution in [2.24, 2.45) is 0 Å². The lowest BCUT2D eigenvalue weighted by molar-refractivity contribution is -0.137. The number of rotatable bonds is 1. The number of benzene rings is 1. The van der Waals surface area contributed by atoms with Crippen LogP contribution in [0.4, 0.5) is 13.2 Å². The average Bonchev–Trinajstić information content (AvgIpc) is 2.27. The van der Waals surface area contributed by atoms with Gasteiger partial charge in [0.05, 0.1) is 9.77 Å². The molecule has 0 amide bonds. The molecule has 0 N–H and O–H groups in total. The normalized spacial score (nSPS) is 12.0. The molecule has 2 rings (SSSR count). The third-order valence-corrected chi connectivity index (χ3v) is 4.38. The smallest absolute Gasteiger partial charge is 0.289 e. The lowest BCUT2D eigenvalue weighted by atomic mass is 10.1. The molecule has 0 aliphatic heterocycles. The van der Waals surface area contributed by atoms with E-state index < -0.39 is 11.7 Å². The highest BCUT2D eigenvalue weighted by molar-refractivity contribution is 8.00. The third kappa shape index (κ3) is 2.47. The summed E-state index contributed by atoms with van der Waals surface area (Å²) in [7, 11) is 0. The van der Waals surface area contributed by atoms with Gasteiger partial charge in [-0.1, -0.05) is 0 Å². The molecule has 2 aromatic rings. The van der Waals surface area contributed by atoms with Gasteiger partial charge in [-0.05, 0) is 24.5 Å². The molecule has 0 fully saturated rings. The first-order valence-corrected chi connectivity index (χ1v) is 6.65. The Morgan fingerprint density at radius 2 is 1.94 bits per heavy atom. The molecule has 0 bridgehead atoms. The second kappa shape index (κ2) is 4.34. The molecular formula is C11H7F3OS2. The molecule has 17 heavy (non-hydrogen) atoms. The molecule has 0 saturated carbocycles. The molecule has 0 spiro atoms. The summed E-state index contributed by atoms with van der Waals surface area (Å²) in [4.78, 5) is 11.6. The molecule has 0 aliphatic carbocycles. The van der Waals surface area contributed by atoms with Gasteiger partial charge < -0.3 is 0 Å². The van der Waals surface area contributed by atoms with Gasteiger partial charge in [-0.25, -0.2) is 0 Å². The minimum atomic E-state index is -4.38. The minimum absolute atomic E-state index is 0.239. The van der Waals surface area contributed by atoms with E-state index in [0.717, 1.165) is 12.1 Å².